The molecule has 0 radical (unpaired) electrons. The summed E-state index contributed by atoms with van der Waals surface area (Å²) in [5, 5.41) is 2.11. The van der Waals surface area contributed by atoms with Crippen LogP contribution in [-0.2, 0) is 0 Å². The van der Waals surface area contributed by atoms with E-state index < -0.39 is 6.04 Å². The highest BCUT2D eigenvalue weighted by atomic mass is 16.4. The minimum atomic E-state index is -0.423. The molecule has 0 aliphatic carbocycles. The maximum atomic E-state index is 13.9. The minimum absolute atomic E-state index is 0.0559. The predicted molar refractivity (Wildman–Crippen MR) is 126 cm³/mol. The van der Waals surface area contributed by atoms with Gasteiger partial charge in [-0.15, -0.1) is 0 Å². The molecule has 0 spiro atoms. The average molecular weight is 451 g/mol. The van der Waals surface area contributed by atoms with Crippen molar-refractivity contribution >= 4 is 16.7 Å². The zero-order valence-electron chi connectivity index (χ0n) is 18.8. The molecule has 0 bridgehead atoms. The van der Waals surface area contributed by atoms with Gasteiger partial charge in [0.1, 0.15) is 11.7 Å². The summed E-state index contributed by atoms with van der Waals surface area (Å²) in [5.41, 5.74) is 3.70. The Bertz CT molecular complexity index is 1510. The molecule has 2 atom stereocenters. The van der Waals surface area contributed by atoms with Crippen molar-refractivity contribution in [1.29, 1.82) is 0 Å². The van der Waals surface area contributed by atoms with Crippen molar-refractivity contribution in [1.82, 2.24) is 29.8 Å². The molecule has 1 N–H and O–H groups in total. The van der Waals surface area contributed by atoms with E-state index in [2.05, 4.69) is 26.9 Å². The Morgan fingerprint density at radius 1 is 1.09 bits per heavy atom. The Balaban J connectivity index is 1.45. The number of carbonyl (C=O) groups excluding carboxylic acids is 1. The summed E-state index contributed by atoms with van der Waals surface area (Å²) in [6.45, 7) is 4.33. The number of amides is 1. The third-order valence-corrected chi connectivity index (χ3v) is 6.29. The van der Waals surface area contributed by atoms with Crippen molar-refractivity contribution in [3.8, 4) is 11.6 Å². The van der Waals surface area contributed by atoms with Crippen molar-refractivity contribution in [2.45, 2.75) is 25.8 Å². The molecule has 0 unspecified atom stereocenters. The molecule has 1 aliphatic heterocycles. The summed E-state index contributed by atoms with van der Waals surface area (Å²) in [6, 6.07) is 15.2. The molecular weight excluding hydrogens is 428 g/mol. The molecule has 168 valence electrons. The maximum absolute atomic E-state index is 13.9. The molecule has 8 heteroatoms. The molecule has 5 heterocycles. The van der Waals surface area contributed by atoms with Gasteiger partial charge in [-0.05, 0) is 30.5 Å². The van der Waals surface area contributed by atoms with Crippen LogP contribution in [0.3, 0.4) is 0 Å². The molecule has 34 heavy (non-hydrogen) atoms. The van der Waals surface area contributed by atoms with E-state index in [1.165, 1.54) is 0 Å². The molecular formula is C26H22N6O2. The summed E-state index contributed by atoms with van der Waals surface area (Å²) in [7, 11) is 0. The van der Waals surface area contributed by atoms with Crippen molar-refractivity contribution in [3.63, 3.8) is 0 Å². The lowest BCUT2D eigenvalue weighted by molar-refractivity contribution is 0.0637. The second-order valence-corrected chi connectivity index (χ2v) is 8.57. The van der Waals surface area contributed by atoms with Gasteiger partial charge in [0.25, 0.3) is 5.91 Å². The van der Waals surface area contributed by atoms with E-state index in [4.69, 9.17) is 9.40 Å². The Morgan fingerprint density at radius 2 is 1.91 bits per heavy atom. The first-order valence-corrected chi connectivity index (χ1v) is 11.2. The first kappa shape index (κ1) is 20.3. The Labute approximate surface area is 195 Å². The van der Waals surface area contributed by atoms with Crippen LogP contribution in [0.25, 0.3) is 22.4 Å². The maximum Gasteiger partial charge on any atom is 0.292 e. The number of hydrogen-bond donors (Lipinski definition) is 1. The van der Waals surface area contributed by atoms with Crippen molar-refractivity contribution < 1.29 is 9.21 Å². The molecule has 8 nitrogen and oxygen atoms in total. The molecule has 1 aliphatic rings. The monoisotopic (exact) mass is 450 g/mol. The number of hydrogen-bond acceptors (Lipinski definition) is 6. The lowest BCUT2D eigenvalue weighted by atomic mass is 9.92. The summed E-state index contributed by atoms with van der Waals surface area (Å²) < 4.78 is 5.96. The molecule has 0 saturated heterocycles. The molecule has 1 amide bonds. The molecule has 6 rings (SSSR count). The van der Waals surface area contributed by atoms with Crippen molar-refractivity contribution in [2.75, 3.05) is 6.54 Å². The average Bonchev–Trinajstić information content (AvgIpc) is 3.51. The third-order valence-electron chi connectivity index (χ3n) is 6.29. The number of H-pyrrole nitrogens is 1. The third kappa shape index (κ3) is 3.26. The summed E-state index contributed by atoms with van der Waals surface area (Å²) in [5.74, 6) is 0.357. The Kier molecular flexibility index (Phi) is 4.72. The number of nitrogens with zero attached hydrogens (tertiary/aromatic N) is 5. The Morgan fingerprint density at radius 3 is 2.74 bits per heavy atom. The highest BCUT2D eigenvalue weighted by molar-refractivity contribution is 5.94. The predicted octanol–water partition coefficient (Wildman–Crippen LogP) is 4.67. The van der Waals surface area contributed by atoms with Gasteiger partial charge in [-0.2, -0.15) is 0 Å². The van der Waals surface area contributed by atoms with Gasteiger partial charge in [-0.25, -0.2) is 9.97 Å². The number of aromatic nitrogens is 5. The fourth-order valence-corrected chi connectivity index (χ4v) is 4.65. The van der Waals surface area contributed by atoms with E-state index in [1.54, 1.807) is 30.4 Å². The van der Waals surface area contributed by atoms with Crippen LogP contribution >= 0.6 is 0 Å². The fraction of sp³-hybridized carbons (Fsp3) is 0.192. The van der Waals surface area contributed by atoms with Crippen molar-refractivity contribution in [2.24, 2.45) is 0 Å². The van der Waals surface area contributed by atoms with E-state index in [9.17, 15) is 4.79 Å². The van der Waals surface area contributed by atoms with Crippen LogP contribution < -0.4 is 0 Å². The van der Waals surface area contributed by atoms with E-state index in [0.29, 0.717) is 23.8 Å². The smallest absolute Gasteiger partial charge is 0.292 e. The number of benzene rings is 1. The first-order chi connectivity index (χ1) is 16.6. The van der Waals surface area contributed by atoms with Crippen LogP contribution in [0.15, 0.2) is 71.7 Å². The van der Waals surface area contributed by atoms with Gasteiger partial charge in [0.05, 0.1) is 29.1 Å². The van der Waals surface area contributed by atoms with Gasteiger partial charge < -0.3 is 14.3 Å². The van der Waals surface area contributed by atoms with Gasteiger partial charge >= 0.3 is 0 Å². The SMILES string of the molecule is Cc1nc(-c2ccccn2)oc1C(=O)N1C[C@H](C)c2nc[nH]c2[C@H]1c1cc2ccccc2cn1. The number of imidazole rings is 1. The van der Waals surface area contributed by atoms with Gasteiger partial charge in [0.2, 0.25) is 11.7 Å². The van der Waals surface area contributed by atoms with E-state index in [-0.39, 0.29) is 17.6 Å². The number of nitrogens with one attached hydrogen (secondary N) is 1. The van der Waals surface area contributed by atoms with E-state index in [1.807, 2.05) is 48.7 Å². The van der Waals surface area contributed by atoms with Gasteiger partial charge in [-0.1, -0.05) is 37.3 Å². The van der Waals surface area contributed by atoms with Gasteiger partial charge in [0, 0.05) is 30.2 Å². The Hall–Kier alpha value is -4.33. The molecule has 1 aromatic carbocycles. The second-order valence-electron chi connectivity index (χ2n) is 8.57. The highest BCUT2D eigenvalue weighted by Crippen LogP contribution is 2.39. The summed E-state index contributed by atoms with van der Waals surface area (Å²) in [6.07, 6.45) is 5.20. The van der Waals surface area contributed by atoms with E-state index >= 15 is 0 Å². The zero-order chi connectivity index (χ0) is 23.2. The standard InChI is InChI=1S/C26H22N6O2/c1-15-13-32(26(33)24-16(2)31-25(34-24)19-9-5-6-10-27-19)23(22-21(15)29-14-30-22)20-11-17-7-3-4-8-18(17)12-28-20/h3-12,14-15,23H,13H2,1-2H3,(H,29,30)/t15-,23+/m0/s1. The molecule has 0 fully saturated rings. The molecule has 0 saturated carbocycles. The van der Waals surface area contributed by atoms with Crippen LogP contribution in [0.5, 0.6) is 0 Å². The van der Waals surface area contributed by atoms with Crippen molar-refractivity contribution in [3.05, 3.63) is 95.8 Å². The lowest BCUT2D eigenvalue weighted by Gasteiger charge is -2.37. The number of aromatic amines is 1. The number of carbonyl (C=O) groups is 1. The topological polar surface area (TPSA) is 101 Å². The largest absolute Gasteiger partial charge is 0.429 e. The van der Waals surface area contributed by atoms with Gasteiger partial charge in [0.15, 0.2) is 0 Å². The number of rotatable bonds is 3. The first-order valence-electron chi connectivity index (χ1n) is 11.2. The van der Waals surface area contributed by atoms with Crippen LogP contribution in [-0.4, -0.2) is 42.3 Å². The van der Waals surface area contributed by atoms with E-state index in [0.717, 1.165) is 27.9 Å². The molecule has 5 aromatic rings. The highest BCUT2D eigenvalue weighted by Gasteiger charge is 2.40. The normalized spacial score (nSPS) is 17.6. The van der Waals surface area contributed by atoms with Crippen LogP contribution in [0, 0.1) is 6.92 Å². The van der Waals surface area contributed by atoms with Crippen LogP contribution in [0.2, 0.25) is 0 Å². The van der Waals surface area contributed by atoms with Gasteiger partial charge in [-0.3, -0.25) is 14.8 Å². The van der Waals surface area contributed by atoms with Crippen LogP contribution in [0.1, 0.15) is 52.2 Å². The number of oxazole rings is 1. The second kappa shape index (κ2) is 7.91. The summed E-state index contributed by atoms with van der Waals surface area (Å²) in [4.78, 5) is 37.0. The number of pyridine rings is 2. The quantitative estimate of drug-likeness (QED) is 0.429. The lowest BCUT2D eigenvalue weighted by Crippen LogP contribution is -2.42. The minimum Gasteiger partial charge on any atom is -0.429 e. The zero-order valence-corrected chi connectivity index (χ0v) is 18.8. The molecule has 4 aromatic heterocycles. The fourth-order valence-electron chi connectivity index (χ4n) is 4.65. The summed E-state index contributed by atoms with van der Waals surface area (Å²) >= 11 is 0. The number of aryl methyl sites for hydroxylation is 1. The van der Waals surface area contributed by atoms with Crippen LogP contribution in [0.4, 0.5) is 0 Å². The number of fused-ring (bicyclic) bond motifs is 2.